The molecule has 0 amide bonds. The Labute approximate surface area is 100 Å². The third-order valence-corrected chi connectivity index (χ3v) is 3.58. The van der Waals surface area contributed by atoms with Gasteiger partial charge in [-0.25, -0.2) is 0 Å². The Balaban J connectivity index is 2.05. The molecule has 96 valence electrons. The number of aliphatic hydroxyl groups is 1. The van der Waals surface area contributed by atoms with Crippen molar-refractivity contribution in [1.29, 1.82) is 0 Å². The zero-order valence-corrected chi connectivity index (χ0v) is 10.7. The zero-order chi connectivity index (χ0) is 11.9. The Morgan fingerprint density at radius 3 is 2.31 bits per heavy atom. The van der Waals surface area contributed by atoms with Gasteiger partial charge >= 0.3 is 0 Å². The smallest absolute Gasteiger partial charge is 0.0741 e. The molecule has 0 aliphatic carbocycles. The van der Waals surface area contributed by atoms with Crippen LogP contribution in [0.15, 0.2) is 0 Å². The lowest BCUT2D eigenvalue weighted by atomic mass is 9.99. The van der Waals surface area contributed by atoms with Crippen molar-refractivity contribution in [2.45, 2.75) is 57.5 Å². The third kappa shape index (κ3) is 5.83. The van der Waals surface area contributed by atoms with Gasteiger partial charge in [-0.1, -0.05) is 12.8 Å². The van der Waals surface area contributed by atoms with E-state index in [0.29, 0.717) is 6.54 Å². The summed E-state index contributed by atoms with van der Waals surface area (Å²) >= 11 is 0. The van der Waals surface area contributed by atoms with Gasteiger partial charge < -0.3 is 15.7 Å². The summed E-state index contributed by atoms with van der Waals surface area (Å²) in [6.07, 6.45) is 8.63. The minimum Gasteiger partial charge on any atom is -0.389 e. The van der Waals surface area contributed by atoms with Gasteiger partial charge in [-0.3, -0.25) is 0 Å². The van der Waals surface area contributed by atoms with Crippen LogP contribution in [0.4, 0.5) is 0 Å². The molecule has 1 aliphatic rings. The van der Waals surface area contributed by atoms with E-state index in [2.05, 4.69) is 4.90 Å². The molecule has 1 aliphatic heterocycles. The van der Waals surface area contributed by atoms with Crippen LogP contribution in [0.25, 0.3) is 0 Å². The van der Waals surface area contributed by atoms with Crippen LogP contribution in [-0.2, 0) is 0 Å². The fourth-order valence-corrected chi connectivity index (χ4v) is 2.30. The molecule has 1 heterocycles. The van der Waals surface area contributed by atoms with Gasteiger partial charge in [-0.2, -0.15) is 0 Å². The van der Waals surface area contributed by atoms with E-state index in [1.807, 2.05) is 6.92 Å². The van der Waals surface area contributed by atoms with Crippen molar-refractivity contribution < 1.29 is 5.11 Å². The van der Waals surface area contributed by atoms with E-state index in [9.17, 15) is 5.11 Å². The molecule has 1 rings (SSSR count). The maximum absolute atomic E-state index is 9.77. The fourth-order valence-electron chi connectivity index (χ4n) is 2.30. The minimum absolute atomic E-state index is 0.372. The molecule has 0 bridgehead atoms. The van der Waals surface area contributed by atoms with Crippen molar-refractivity contribution in [1.82, 2.24) is 4.90 Å². The van der Waals surface area contributed by atoms with Gasteiger partial charge in [-0.15, -0.1) is 0 Å². The number of hydrogen-bond donors (Lipinski definition) is 2. The number of rotatable bonds is 6. The van der Waals surface area contributed by atoms with Crippen LogP contribution >= 0.6 is 0 Å². The molecule has 16 heavy (non-hydrogen) atoms. The predicted molar refractivity (Wildman–Crippen MR) is 68.4 cm³/mol. The third-order valence-electron chi connectivity index (χ3n) is 3.58. The molecule has 1 unspecified atom stereocenters. The van der Waals surface area contributed by atoms with Crippen molar-refractivity contribution in [2.75, 3.05) is 26.2 Å². The van der Waals surface area contributed by atoms with Crippen LogP contribution in [0.5, 0.6) is 0 Å². The van der Waals surface area contributed by atoms with Crippen LogP contribution in [0, 0.1) is 0 Å². The SMILES string of the molecule is CC(O)(CN)CCCCN1CCCCCC1. The largest absolute Gasteiger partial charge is 0.389 e. The summed E-state index contributed by atoms with van der Waals surface area (Å²) in [6, 6.07) is 0. The van der Waals surface area contributed by atoms with Gasteiger partial charge in [0.25, 0.3) is 0 Å². The van der Waals surface area contributed by atoms with Crippen LogP contribution in [0.3, 0.4) is 0 Å². The molecule has 3 nitrogen and oxygen atoms in total. The lowest BCUT2D eigenvalue weighted by Crippen LogP contribution is -2.34. The summed E-state index contributed by atoms with van der Waals surface area (Å²) in [5, 5.41) is 9.77. The van der Waals surface area contributed by atoms with E-state index in [0.717, 1.165) is 12.8 Å². The van der Waals surface area contributed by atoms with Gasteiger partial charge in [0.15, 0.2) is 0 Å². The molecular formula is C13H28N2O. The Hall–Kier alpha value is -0.120. The van der Waals surface area contributed by atoms with Crippen LogP contribution in [0.1, 0.15) is 51.9 Å². The summed E-state index contributed by atoms with van der Waals surface area (Å²) in [6.45, 7) is 5.94. The maximum atomic E-state index is 9.77. The van der Waals surface area contributed by atoms with Crippen molar-refractivity contribution in [3.8, 4) is 0 Å². The summed E-state index contributed by atoms with van der Waals surface area (Å²) in [5.41, 5.74) is 4.84. The highest BCUT2D eigenvalue weighted by Gasteiger charge is 2.17. The molecule has 0 saturated carbocycles. The van der Waals surface area contributed by atoms with Crippen LogP contribution in [0.2, 0.25) is 0 Å². The molecule has 1 atom stereocenters. The predicted octanol–water partition coefficient (Wildman–Crippen LogP) is 1.74. The lowest BCUT2D eigenvalue weighted by molar-refractivity contribution is 0.0564. The molecule has 1 saturated heterocycles. The number of likely N-dealkylation sites (tertiary alicyclic amines) is 1. The van der Waals surface area contributed by atoms with Gasteiger partial charge in [0.2, 0.25) is 0 Å². The summed E-state index contributed by atoms with van der Waals surface area (Å²) in [7, 11) is 0. The van der Waals surface area contributed by atoms with E-state index >= 15 is 0 Å². The second-order valence-electron chi connectivity index (χ2n) is 5.41. The average Bonchev–Trinajstić information content (AvgIpc) is 2.53. The standard InChI is InChI=1S/C13H28N2O/c1-13(16,12-14)8-4-7-11-15-9-5-2-3-6-10-15/h16H,2-12,14H2,1H3. The molecule has 3 N–H and O–H groups in total. The van der Waals surface area contributed by atoms with E-state index in [4.69, 9.17) is 5.73 Å². The quantitative estimate of drug-likeness (QED) is 0.681. The molecular weight excluding hydrogens is 200 g/mol. The topological polar surface area (TPSA) is 49.5 Å². The molecule has 0 aromatic rings. The van der Waals surface area contributed by atoms with E-state index in [-0.39, 0.29) is 0 Å². The van der Waals surface area contributed by atoms with E-state index in [1.54, 1.807) is 0 Å². The van der Waals surface area contributed by atoms with Crippen LogP contribution in [-0.4, -0.2) is 41.8 Å². The van der Waals surface area contributed by atoms with Crippen molar-refractivity contribution in [2.24, 2.45) is 5.73 Å². The number of unbranched alkanes of at least 4 members (excludes halogenated alkanes) is 1. The minimum atomic E-state index is -0.654. The Kier molecular flexibility index (Phi) is 6.32. The first kappa shape index (κ1) is 13.9. The normalized spacial score (nSPS) is 22.7. The first-order chi connectivity index (χ1) is 7.64. The van der Waals surface area contributed by atoms with E-state index < -0.39 is 5.60 Å². The maximum Gasteiger partial charge on any atom is 0.0741 e. The van der Waals surface area contributed by atoms with Crippen molar-refractivity contribution in [3.63, 3.8) is 0 Å². The first-order valence-corrected chi connectivity index (χ1v) is 6.79. The summed E-state index contributed by atoms with van der Waals surface area (Å²) in [5.74, 6) is 0. The first-order valence-electron chi connectivity index (χ1n) is 6.79. The number of nitrogens with two attached hydrogens (primary N) is 1. The van der Waals surface area contributed by atoms with Crippen molar-refractivity contribution >= 4 is 0 Å². The Bertz CT molecular complexity index is 175. The van der Waals surface area contributed by atoms with E-state index in [1.165, 1.54) is 51.7 Å². The average molecular weight is 228 g/mol. The monoisotopic (exact) mass is 228 g/mol. The molecule has 0 spiro atoms. The van der Waals surface area contributed by atoms with Gasteiger partial charge in [0, 0.05) is 6.54 Å². The molecule has 0 radical (unpaired) electrons. The van der Waals surface area contributed by atoms with Crippen LogP contribution < -0.4 is 5.73 Å². The second-order valence-corrected chi connectivity index (χ2v) is 5.41. The van der Waals surface area contributed by atoms with Gasteiger partial charge in [-0.05, 0) is 58.7 Å². The number of nitrogens with zero attached hydrogens (tertiary/aromatic N) is 1. The number of hydrogen-bond acceptors (Lipinski definition) is 3. The molecule has 0 aromatic carbocycles. The Morgan fingerprint density at radius 2 is 1.75 bits per heavy atom. The lowest BCUT2D eigenvalue weighted by Gasteiger charge is -2.23. The Morgan fingerprint density at radius 1 is 1.12 bits per heavy atom. The highest BCUT2D eigenvalue weighted by atomic mass is 16.3. The zero-order valence-electron chi connectivity index (χ0n) is 10.7. The highest BCUT2D eigenvalue weighted by Crippen LogP contribution is 2.14. The van der Waals surface area contributed by atoms with Crippen molar-refractivity contribution in [3.05, 3.63) is 0 Å². The van der Waals surface area contributed by atoms with Gasteiger partial charge in [0.1, 0.15) is 0 Å². The molecule has 3 heteroatoms. The van der Waals surface area contributed by atoms with Gasteiger partial charge in [0.05, 0.1) is 5.60 Å². The second kappa shape index (κ2) is 7.25. The summed E-state index contributed by atoms with van der Waals surface area (Å²) in [4.78, 5) is 2.57. The molecule has 1 fully saturated rings. The summed E-state index contributed by atoms with van der Waals surface area (Å²) < 4.78 is 0. The fraction of sp³-hybridized carbons (Fsp3) is 1.00. The highest BCUT2D eigenvalue weighted by molar-refractivity contribution is 4.73. The molecule has 0 aromatic heterocycles.